The standard InChI is InChI=1S/C14H13N3O7S/c1-2-24-9-4-7(3-8(12(9)19)17(22)23)5-10-13(20)16(6-11(15)18)14(21)25-10/h3-5,19H,2,6H2,1H3,(H2,15,18)/b10-5-. The Balaban J connectivity index is 2.43. The third kappa shape index (κ3) is 3.88. The summed E-state index contributed by atoms with van der Waals surface area (Å²) in [6.07, 6.45) is 1.24. The Hall–Kier alpha value is -3.08. The molecule has 11 heteroatoms. The summed E-state index contributed by atoms with van der Waals surface area (Å²) in [5.41, 5.74) is 4.56. The monoisotopic (exact) mass is 367 g/mol. The number of ether oxygens (including phenoxy) is 1. The van der Waals surface area contributed by atoms with Gasteiger partial charge in [-0.2, -0.15) is 0 Å². The first-order chi connectivity index (χ1) is 11.7. The number of nitrogens with zero attached hydrogens (tertiary/aromatic N) is 2. The molecule has 2 rings (SSSR count). The second-order valence-corrected chi connectivity index (χ2v) is 5.80. The molecule has 10 nitrogen and oxygen atoms in total. The number of hydrogen-bond acceptors (Lipinski definition) is 8. The molecule has 1 fully saturated rings. The zero-order valence-electron chi connectivity index (χ0n) is 12.9. The fourth-order valence-corrected chi connectivity index (χ4v) is 2.88. The zero-order valence-corrected chi connectivity index (χ0v) is 13.7. The first-order valence-corrected chi connectivity index (χ1v) is 7.74. The first-order valence-electron chi connectivity index (χ1n) is 6.92. The predicted octanol–water partition coefficient (Wildman–Crippen LogP) is 1.22. The van der Waals surface area contributed by atoms with Crippen molar-refractivity contribution in [2.75, 3.05) is 13.2 Å². The Morgan fingerprint density at radius 2 is 2.16 bits per heavy atom. The number of carbonyl (C=O) groups excluding carboxylic acids is 3. The van der Waals surface area contributed by atoms with Gasteiger partial charge < -0.3 is 15.6 Å². The lowest BCUT2D eigenvalue weighted by atomic mass is 10.1. The van der Waals surface area contributed by atoms with Gasteiger partial charge in [0.1, 0.15) is 6.54 Å². The highest BCUT2D eigenvalue weighted by Gasteiger charge is 2.36. The molecule has 1 aromatic carbocycles. The molecule has 1 aromatic rings. The highest BCUT2D eigenvalue weighted by Crippen LogP contribution is 2.39. The molecule has 25 heavy (non-hydrogen) atoms. The summed E-state index contributed by atoms with van der Waals surface area (Å²) in [6, 6.07) is 2.34. The van der Waals surface area contributed by atoms with Gasteiger partial charge >= 0.3 is 5.69 Å². The molecule has 3 amide bonds. The summed E-state index contributed by atoms with van der Waals surface area (Å²) in [4.78, 5) is 45.7. The lowest BCUT2D eigenvalue weighted by Gasteiger charge is -2.09. The summed E-state index contributed by atoms with van der Waals surface area (Å²) in [5, 5.41) is 20.2. The Morgan fingerprint density at radius 3 is 2.72 bits per heavy atom. The number of carbonyl (C=O) groups is 3. The number of imide groups is 1. The van der Waals surface area contributed by atoms with Gasteiger partial charge in [0.2, 0.25) is 11.7 Å². The van der Waals surface area contributed by atoms with Gasteiger partial charge in [-0.25, -0.2) is 0 Å². The van der Waals surface area contributed by atoms with Crippen LogP contribution in [0, 0.1) is 10.1 Å². The Morgan fingerprint density at radius 1 is 1.48 bits per heavy atom. The maximum Gasteiger partial charge on any atom is 0.315 e. The molecular weight excluding hydrogens is 354 g/mol. The molecule has 0 saturated carbocycles. The number of primary amides is 1. The summed E-state index contributed by atoms with van der Waals surface area (Å²) in [7, 11) is 0. The third-order valence-electron chi connectivity index (χ3n) is 3.06. The van der Waals surface area contributed by atoms with Gasteiger partial charge in [0, 0.05) is 6.07 Å². The van der Waals surface area contributed by atoms with E-state index in [0.717, 1.165) is 6.07 Å². The van der Waals surface area contributed by atoms with Crippen LogP contribution in [0.5, 0.6) is 11.5 Å². The molecule has 1 heterocycles. The van der Waals surface area contributed by atoms with Crippen molar-refractivity contribution in [3.63, 3.8) is 0 Å². The van der Waals surface area contributed by atoms with Crippen LogP contribution in [0.1, 0.15) is 12.5 Å². The third-order valence-corrected chi connectivity index (χ3v) is 3.97. The lowest BCUT2D eigenvalue weighted by Crippen LogP contribution is -2.36. The topological polar surface area (TPSA) is 153 Å². The number of nitrogens with two attached hydrogens (primary N) is 1. The molecule has 0 aromatic heterocycles. The van der Waals surface area contributed by atoms with Crippen LogP contribution in [0.25, 0.3) is 6.08 Å². The molecule has 0 radical (unpaired) electrons. The largest absolute Gasteiger partial charge is 0.500 e. The highest BCUT2D eigenvalue weighted by atomic mass is 32.2. The van der Waals surface area contributed by atoms with E-state index in [-0.39, 0.29) is 22.8 Å². The second-order valence-electron chi connectivity index (χ2n) is 4.81. The van der Waals surface area contributed by atoms with E-state index in [1.165, 1.54) is 12.1 Å². The minimum Gasteiger partial charge on any atom is -0.500 e. The van der Waals surface area contributed by atoms with E-state index in [4.69, 9.17) is 10.5 Å². The zero-order chi connectivity index (χ0) is 18.7. The SMILES string of the molecule is CCOc1cc(/C=C2\SC(=O)N(CC(N)=O)C2=O)cc([N+](=O)[O-])c1O. The average molecular weight is 367 g/mol. The minimum absolute atomic E-state index is 0.0336. The van der Waals surface area contributed by atoms with Crippen LogP contribution >= 0.6 is 11.8 Å². The van der Waals surface area contributed by atoms with Crippen LogP contribution < -0.4 is 10.5 Å². The first kappa shape index (κ1) is 18.3. The molecule has 132 valence electrons. The maximum absolute atomic E-state index is 12.1. The number of benzene rings is 1. The predicted molar refractivity (Wildman–Crippen MR) is 87.8 cm³/mol. The van der Waals surface area contributed by atoms with Crippen LogP contribution in [0.4, 0.5) is 10.5 Å². The van der Waals surface area contributed by atoms with Crippen molar-refractivity contribution < 1.29 is 29.2 Å². The van der Waals surface area contributed by atoms with E-state index in [2.05, 4.69) is 0 Å². The quantitative estimate of drug-likeness (QED) is 0.432. The molecule has 0 spiro atoms. The summed E-state index contributed by atoms with van der Waals surface area (Å²) in [6.45, 7) is 1.23. The molecule has 1 aliphatic heterocycles. The van der Waals surface area contributed by atoms with E-state index in [0.29, 0.717) is 16.7 Å². The second kappa shape index (κ2) is 7.21. The van der Waals surface area contributed by atoms with E-state index >= 15 is 0 Å². The van der Waals surface area contributed by atoms with Crippen molar-refractivity contribution in [3.05, 3.63) is 32.7 Å². The molecule has 0 atom stereocenters. The number of phenolic OH excluding ortho intramolecular Hbond substituents is 1. The number of rotatable bonds is 6. The van der Waals surface area contributed by atoms with Crippen LogP contribution in [-0.4, -0.2) is 45.1 Å². The normalized spacial score (nSPS) is 15.7. The average Bonchev–Trinajstić information content (AvgIpc) is 2.77. The summed E-state index contributed by atoms with van der Waals surface area (Å²) < 4.78 is 5.14. The number of amides is 3. The molecular formula is C14H13N3O7S. The molecule has 0 aliphatic carbocycles. The van der Waals surface area contributed by atoms with Gasteiger partial charge in [0.15, 0.2) is 5.75 Å². The van der Waals surface area contributed by atoms with Crippen LogP contribution in [0.15, 0.2) is 17.0 Å². The molecule has 1 saturated heterocycles. The van der Waals surface area contributed by atoms with Gasteiger partial charge in [-0.1, -0.05) is 0 Å². The number of nitro groups is 1. The van der Waals surface area contributed by atoms with Gasteiger partial charge in [-0.15, -0.1) is 0 Å². The number of hydrogen-bond donors (Lipinski definition) is 2. The number of aromatic hydroxyl groups is 1. The lowest BCUT2D eigenvalue weighted by molar-refractivity contribution is -0.386. The van der Waals surface area contributed by atoms with Gasteiger partial charge in [0.25, 0.3) is 11.1 Å². The van der Waals surface area contributed by atoms with E-state index in [1.807, 2.05) is 0 Å². The highest BCUT2D eigenvalue weighted by molar-refractivity contribution is 8.18. The Kier molecular flexibility index (Phi) is 5.27. The summed E-state index contributed by atoms with van der Waals surface area (Å²) in [5.74, 6) is -2.34. The molecule has 0 bridgehead atoms. The van der Waals surface area contributed by atoms with Gasteiger partial charge in [-0.05, 0) is 36.4 Å². The number of phenols is 1. The van der Waals surface area contributed by atoms with Crippen molar-refractivity contribution in [1.82, 2.24) is 4.90 Å². The van der Waals surface area contributed by atoms with Gasteiger partial charge in [0.05, 0.1) is 16.4 Å². The van der Waals surface area contributed by atoms with Crippen LogP contribution in [-0.2, 0) is 9.59 Å². The van der Waals surface area contributed by atoms with Crippen molar-refractivity contribution in [2.24, 2.45) is 5.73 Å². The number of nitro benzene ring substituents is 1. The Bertz CT molecular complexity index is 806. The van der Waals surface area contributed by atoms with Crippen LogP contribution in [0.3, 0.4) is 0 Å². The number of thioether (sulfide) groups is 1. The van der Waals surface area contributed by atoms with Gasteiger partial charge in [-0.3, -0.25) is 29.4 Å². The fourth-order valence-electron chi connectivity index (χ4n) is 2.05. The van der Waals surface area contributed by atoms with Crippen LogP contribution in [0.2, 0.25) is 0 Å². The van der Waals surface area contributed by atoms with E-state index in [9.17, 15) is 29.6 Å². The van der Waals surface area contributed by atoms with Crippen molar-refractivity contribution in [1.29, 1.82) is 0 Å². The molecule has 1 aliphatic rings. The van der Waals surface area contributed by atoms with E-state index < -0.39 is 40.0 Å². The van der Waals surface area contributed by atoms with Crippen molar-refractivity contribution >= 4 is 40.6 Å². The Labute approximate surface area is 145 Å². The molecule has 0 unspecified atom stereocenters. The maximum atomic E-state index is 12.1. The van der Waals surface area contributed by atoms with Crippen molar-refractivity contribution in [3.8, 4) is 11.5 Å². The fraction of sp³-hybridized carbons (Fsp3) is 0.214. The minimum atomic E-state index is -0.845. The van der Waals surface area contributed by atoms with E-state index in [1.54, 1.807) is 6.92 Å². The van der Waals surface area contributed by atoms with Crippen molar-refractivity contribution in [2.45, 2.75) is 6.92 Å². The smallest absolute Gasteiger partial charge is 0.315 e. The molecule has 3 N–H and O–H groups in total. The summed E-state index contributed by atoms with van der Waals surface area (Å²) >= 11 is 0.574.